The smallest absolute Gasteiger partial charge is 0.174 e. The number of hydrogen-bond donors (Lipinski definition) is 0. The molecule has 0 bridgehead atoms. The number of halogens is 2. The van der Waals surface area contributed by atoms with E-state index in [9.17, 15) is 8.78 Å². The highest BCUT2D eigenvalue weighted by Crippen LogP contribution is 2.21. The fourth-order valence-corrected chi connectivity index (χ4v) is 1.64. The lowest BCUT2D eigenvalue weighted by Gasteiger charge is -2.10. The minimum Gasteiger partial charge on any atom is -0.174 e. The summed E-state index contributed by atoms with van der Waals surface area (Å²) in [6.07, 6.45) is 2.06. The molecule has 1 aromatic rings. The van der Waals surface area contributed by atoms with Gasteiger partial charge in [0.15, 0.2) is 0 Å². The molecule has 86 valence electrons. The summed E-state index contributed by atoms with van der Waals surface area (Å²) in [4.78, 5) is 0. The van der Waals surface area contributed by atoms with Gasteiger partial charge in [-0.3, -0.25) is 0 Å². The topological polar surface area (TPSA) is 0 Å². The average molecular weight is 222 g/mol. The number of rotatable bonds is 4. The maximum Gasteiger partial charge on any atom is 0.266 e. The highest BCUT2D eigenvalue weighted by molar-refractivity contribution is 5.53. The van der Waals surface area contributed by atoms with Crippen molar-refractivity contribution in [1.82, 2.24) is 0 Å². The zero-order valence-electron chi connectivity index (χ0n) is 9.58. The standard InChI is InChI=1S/C14H16F2/c1-3-13(10-14(15)16)11(2)9-12-7-5-4-6-8-12/h4-10,13H,3H2,1-2H3/b11-9+/t13-/m1/s1. The normalized spacial score (nSPS) is 13.4. The van der Waals surface area contributed by atoms with E-state index in [0.717, 1.165) is 17.2 Å². The van der Waals surface area contributed by atoms with Crippen LogP contribution in [0.15, 0.2) is 48.1 Å². The van der Waals surface area contributed by atoms with Gasteiger partial charge in [-0.05, 0) is 25.0 Å². The van der Waals surface area contributed by atoms with Crippen molar-refractivity contribution in [1.29, 1.82) is 0 Å². The van der Waals surface area contributed by atoms with Gasteiger partial charge >= 0.3 is 0 Å². The Labute approximate surface area is 95.3 Å². The minimum absolute atomic E-state index is 0.176. The maximum atomic E-state index is 12.2. The summed E-state index contributed by atoms with van der Waals surface area (Å²) in [5.41, 5.74) is 2.01. The zero-order valence-corrected chi connectivity index (χ0v) is 9.58. The van der Waals surface area contributed by atoms with Crippen LogP contribution in [0.25, 0.3) is 6.08 Å². The van der Waals surface area contributed by atoms with Crippen LogP contribution in [0.1, 0.15) is 25.8 Å². The van der Waals surface area contributed by atoms with Crippen molar-refractivity contribution in [3.8, 4) is 0 Å². The Balaban J connectivity index is 2.87. The van der Waals surface area contributed by atoms with Gasteiger partial charge in [0.05, 0.1) is 0 Å². The van der Waals surface area contributed by atoms with Crippen molar-refractivity contribution in [3.05, 3.63) is 53.6 Å². The lowest BCUT2D eigenvalue weighted by Crippen LogP contribution is -1.96. The maximum absolute atomic E-state index is 12.2. The van der Waals surface area contributed by atoms with Crippen molar-refractivity contribution >= 4 is 6.08 Å². The van der Waals surface area contributed by atoms with E-state index >= 15 is 0 Å². The van der Waals surface area contributed by atoms with E-state index in [0.29, 0.717) is 6.42 Å². The monoisotopic (exact) mass is 222 g/mol. The predicted molar refractivity (Wildman–Crippen MR) is 64.2 cm³/mol. The second-order valence-electron chi connectivity index (χ2n) is 3.77. The van der Waals surface area contributed by atoms with E-state index in [4.69, 9.17) is 0 Å². The molecule has 1 aromatic carbocycles. The Morgan fingerprint density at radius 2 is 1.88 bits per heavy atom. The van der Waals surface area contributed by atoms with Gasteiger partial charge in [0.1, 0.15) is 0 Å². The minimum atomic E-state index is -1.60. The molecular weight excluding hydrogens is 206 g/mol. The van der Waals surface area contributed by atoms with Crippen LogP contribution >= 0.6 is 0 Å². The molecule has 0 heterocycles. The Morgan fingerprint density at radius 3 is 2.38 bits per heavy atom. The molecule has 0 aliphatic rings. The fourth-order valence-electron chi connectivity index (χ4n) is 1.64. The molecule has 1 rings (SSSR count). The molecule has 0 aliphatic carbocycles. The van der Waals surface area contributed by atoms with Crippen molar-refractivity contribution in [2.45, 2.75) is 20.3 Å². The third-order valence-electron chi connectivity index (χ3n) is 2.55. The van der Waals surface area contributed by atoms with E-state index in [2.05, 4.69) is 0 Å². The SMILES string of the molecule is CC[C@H](C=C(F)F)/C(C)=C/c1ccccc1. The molecule has 0 nitrogen and oxygen atoms in total. The zero-order chi connectivity index (χ0) is 12.0. The van der Waals surface area contributed by atoms with Gasteiger partial charge in [-0.25, -0.2) is 0 Å². The van der Waals surface area contributed by atoms with Gasteiger partial charge in [-0.1, -0.05) is 48.9 Å². The summed E-state index contributed by atoms with van der Waals surface area (Å²) in [5.74, 6) is -0.176. The summed E-state index contributed by atoms with van der Waals surface area (Å²) < 4.78 is 24.4. The molecule has 0 spiro atoms. The number of allylic oxidation sites excluding steroid dienone is 2. The predicted octanol–water partition coefficient (Wildman–Crippen LogP) is 4.90. The van der Waals surface area contributed by atoms with Crippen LogP contribution in [0.2, 0.25) is 0 Å². The van der Waals surface area contributed by atoms with Crippen LogP contribution in [0, 0.1) is 5.92 Å². The second kappa shape index (κ2) is 6.21. The highest BCUT2D eigenvalue weighted by atomic mass is 19.3. The highest BCUT2D eigenvalue weighted by Gasteiger charge is 2.07. The van der Waals surface area contributed by atoms with Gasteiger partial charge < -0.3 is 0 Å². The molecule has 0 saturated carbocycles. The van der Waals surface area contributed by atoms with Crippen molar-refractivity contribution < 1.29 is 8.78 Å². The molecule has 0 aliphatic heterocycles. The van der Waals surface area contributed by atoms with E-state index in [1.165, 1.54) is 0 Å². The Morgan fingerprint density at radius 1 is 1.25 bits per heavy atom. The Kier molecular flexibility index (Phi) is 4.90. The lowest BCUT2D eigenvalue weighted by atomic mass is 9.96. The van der Waals surface area contributed by atoms with Gasteiger partial charge in [-0.2, -0.15) is 8.78 Å². The molecule has 0 radical (unpaired) electrons. The van der Waals surface area contributed by atoms with Crippen LogP contribution < -0.4 is 0 Å². The third-order valence-corrected chi connectivity index (χ3v) is 2.55. The van der Waals surface area contributed by atoms with Gasteiger partial charge in [0.2, 0.25) is 0 Å². The van der Waals surface area contributed by atoms with E-state index < -0.39 is 6.08 Å². The summed E-state index contributed by atoms with van der Waals surface area (Å²) in [6.45, 7) is 3.80. The number of benzene rings is 1. The fraction of sp³-hybridized carbons (Fsp3) is 0.286. The molecule has 0 aromatic heterocycles. The van der Waals surface area contributed by atoms with E-state index in [1.807, 2.05) is 50.3 Å². The molecule has 0 amide bonds. The molecule has 1 atom stereocenters. The second-order valence-corrected chi connectivity index (χ2v) is 3.77. The third kappa shape index (κ3) is 3.97. The van der Waals surface area contributed by atoms with Crippen molar-refractivity contribution in [2.75, 3.05) is 0 Å². The molecule has 2 heteroatoms. The van der Waals surface area contributed by atoms with Crippen LogP contribution in [0.3, 0.4) is 0 Å². The van der Waals surface area contributed by atoms with Gasteiger partial charge in [-0.15, -0.1) is 0 Å². The summed E-state index contributed by atoms with van der Waals surface area (Å²) in [7, 11) is 0. The first-order valence-corrected chi connectivity index (χ1v) is 5.39. The molecule has 16 heavy (non-hydrogen) atoms. The van der Waals surface area contributed by atoms with Gasteiger partial charge in [0.25, 0.3) is 6.08 Å². The summed E-state index contributed by atoms with van der Waals surface area (Å²) in [5, 5.41) is 0. The van der Waals surface area contributed by atoms with Crippen LogP contribution in [0.5, 0.6) is 0 Å². The van der Waals surface area contributed by atoms with Crippen LogP contribution in [-0.4, -0.2) is 0 Å². The molecule has 0 unspecified atom stereocenters. The van der Waals surface area contributed by atoms with Crippen molar-refractivity contribution in [3.63, 3.8) is 0 Å². The molecule has 0 N–H and O–H groups in total. The molecule has 0 fully saturated rings. The first kappa shape index (κ1) is 12.6. The average Bonchev–Trinajstić information content (AvgIpc) is 2.26. The summed E-state index contributed by atoms with van der Waals surface area (Å²) >= 11 is 0. The largest absolute Gasteiger partial charge is 0.266 e. The van der Waals surface area contributed by atoms with Crippen LogP contribution in [-0.2, 0) is 0 Å². The molecule has 0 saturated heterocycles. The lowest BCUT2D eigenvalue weighted by molar-refractivity contribution is 0.411. The number of hydrogen-bond acceptors (Lipinski definition) is 0. The van der Waals surface area contributed by atoms with Crippen molar-refractivity contribution in [2.24, 2.45) is 5.92 Å². The Bertz CT molecular complexity index is 373. The Hall–Kier alpha value is -1.44. The summed E-state index contributed by atoms with van der Waals surface area (Å²) in [6, 6.07) is 9.74. The van der Waals surface area contributed by atoms with E-state index in [-0.39, 0.29) is 5.92 Å². The first-order valence-electron chi connectivity index (χ1n) is 5.39. The van der Waals surface area contributed by atoms with Gasteiger partial charge in [0, 0.05) is 5.92 Å². The van der Waals surface area contributed by atoms with Crippen LogP contribution in [0.4, 0.5) is 8.78 Å². The quantitative estimate of drug-likeness (QED) is 0.680. The first-order chi connectivity index (χ1) is 7.63. The van der Waals surface area contributed by atoms with E-state index in [1.54, 1.807) is 0 Å². The molecular formula is C14H16F2.